The van der Waals surface area contributed by atoms with Crippen molar-refractivity contribution in [2.75, 3.05) is 20.8 Å². The molecular formula is C8H17NO5. The van der Waals surface area contributed by atoms with Crippen LogP contribution >= 0.6 is 0 Å². The molecule has 0 aromatic rings. The van der Waals surface area contributed by atoms with Gasteiger partial charge in [-0.05, 0) is 0 Å². The number of nitrogens with two attached hydrogens (primary N) is 1. The molecule has 0 aromatic carbocycles. The Hall–Kier alpha value is -0.530. The second-order valence-electron chi connectivity index (χ2n) is 2.93. The summed E-state index contributed by atoms with van der Waals surface area (Å²) in [6.45, 7) is 0.00113. The van der Waals surface area contributed by atoms with Crippen molar-refractivity contribution in [1.82, 2.24) is 0 Å². The molecule has 0 saturated heterocycles. The first-order valence-corrected chi connectivity index (χ1v) is 4.17. The van der Waals surface area contributed by atoms with E-state index < -0.39 is 24.4 Å². The summed E-state index contributed by atoms with van der Waals surface area (Å²) in [5.74, 6) is 0. The highest BCUT2D eigenvalue weighted by Gasteiger charge is 2.30. The van der Waals surface area contributed by atoms with E-state index in [0.29, 0.717) is 6.29 Å². The molecule has 0 aliphatic heterocycles. The van der Waals surface area contributed by atoms with Gasteiger partial charge in [0, 0.05) is 14.2 Å². The molecule has 0 rings (SSSR count). The van der Waals surface area contributed by atoms with Crippen molar-refractivity contribution in [2.45, 2.75) is 24.4 Å². The van der Waals surface area contributed by atoms with Crippen LogP contribution < -0.4 is 5.73 Å². The van der Waals surface area contributed by atoms with Crippen molar-refractivity contribution in [3.63, 3.8) is 0 Å². The van der Waals surface area contributed by atoms with Gasteiger partial charge in [-0.2, -0.15) is 0 Å². The van der Waals surface area contributed by atoms with Crippen molar-refractivity contribution < 1.29 is 24.5 Å². The molecule has 0 aliphatic carbocycles. The van der Waals surface area contributed by atoms with Crippen LogP contribution in [0.25, 0.3) is 0 Å². The Morgan fingerprint density at radius 2 is 2.00 bits per heavy atom. The minimum Gasteiger partial charge on any atom is -0.388 e. The molecule has 0 bridgehead atoms. The number of aliphatic hydroxyl groups is 2. The van der Waals surface area contributed by atoms with Crippen LogP contribution in [-0.4, -0.2) is 61.7 Å². The minimum absolute atomic E-state index is 0.00113. The second-order valence-corrected chi connectivity index (χ2v) is 2.93. The zero-order valence-corrected chi connectivity index (χ0v) is 8.29. The van der Waals surface area contributed by atoms with E-state index in [9.17, 15) is 15.0 Å². The van der Waals surface area contributed by atoms with Gasteiger partial charge in [-0.15, -0.1) is 0 Å². The van der Waals surface area contributed by atoms with Crippen molar-refractivity contribution in [1.29, 1.82) is 0 Å². The quantitative estimate of drug-likeness (QED) is 0.413. The minimum atomic E-state index is -1.25. The smallest absolute Gasteiger partial charge is 0.139 e. The van der Waals surface area contributed by atoms with Gasteiger partial charge in [0.15, 0.2) is 0 Å². The third-order valence-corrected chi connectivity index (χ3v) is 1.88. The molecule has 84 valence electrons. The molecule has 6 nitrogen and oxygen atoms in total. The molecule has 0 aliphatic rings. The van der Waals surface area contributed by atoms with Gasteiger partial charge in [-0.3, -0.25) is 0 Å². The van der Waals surface area contributed by atoms with Crippen LogP contribution in [0.5, 0.6) is 0 Å². The van der Waals surface area contributed by atoms with E-state index in [0.717, 1.165) is 0 Å². The molecule has 0 spiro atoms. The average Bonchev–Trinajstić information content (AvgIpc) is 2.18. The highest BCUT2D eigenvalue weighted by atomic mass is 16.5. The molecule has 0 unspecified atom stereocenters. The number of carbonyl (C=O) groups is 1. The first kappa shape index (κ1) is 13.5. The fourth-order valence-corrected chi connectivity index (χ4v) is 1.09. The highest BCUT2D eigenvalue weighted by Crippen LogP contribution is 2.07. The standard InChI is InChI=1S/C8H17NO5/c1-13-4-6(11)8(14-2)7(12)5(9)3-10/h3,5-8,11-12H,4,9H2,1-2H3/t5-,6+,7+,8+/m0/s1. The SMILES string of the molecule is COC[C@@H](O)[C@@H](OC)[C@H](O)[C@@H](N)C=O. The van der Waals surface area contributed by atoms with E-state index in [-0.39, 0.29) is 6.61 Å². The zero-order chi connectivity index (χ0) is 11.1. The van der Waals surface area contributed by atoms with Crippen molar-refractivity contribution in [2.24, 2.45) is 5.73 Å². The molecule has 14 heavy (non-hydrogen) atoms. The van der Waals surface area contributed by atoms with Gasteiger partial charge in [-0.1, -0.05) is 0 Å². The first-order chi connectivity index (χ1) is 6.58. The number of hydrogen-bond donors (Lipinski definition) is 3. The Morgan fingerprint density at radius 1 is 1.43 bits per heavy atom. The van der Waals surface area contributed by atoms with Gasteiger partial charge in [0.25, 0.3) is 0 Å². The Labute approximate surface area is 82.6 Å². The number of ether oxygens (including phenoxy) is 2. The predicted molar refractivity (Wildman–Crippen MR) is 48.7 cm³/mol. The van der Waals surface area contributed by atoms with Crippen molar-refractivity contribution in [3.8, 4) is 0 Å². The van der Waals surface area contributed by atoms with Crippen molar-refractivity contribution >= 4 is 6.29 Å². The van der Waals surface area contributed by atoms with Crippen LogP contribution in [-0.2, 0) is 14.3 Å². The van der Waals surface area contributed by atoms with Crippen LogP contribution in [0.4, 0.5) is 0 Å². The molecule has 0 fully saturated rings. The van der Waals surface area contributed by atoms with Crippen LogP contribution in [0.1, 0.15) is 0 Å². The molecule has 4 N–H and O–H groups in total. The molecule has 0 radical (unpaired) electrons. The van der Waals surface area contributed by atoms with E-state index in [2.05, 4.69) is 4.74 Å². The fraction of sp³-hybridized carbons (Fsp3) is 0.875. The van der Waals surface area contributed by atoms with Crippen LogP contribution in [0.15, 0.2) is 0 Å². The van der Waals surface area contributed by atoms with E-state index in [1.165, 1.54) is 14.2 Å². The molecule has 4 atom stereocenters. The van der Waals surface area contributed by atoms with Gasteiger partial charge < -0.3 is 30.2 Å². The Morgan fingerprint density at radius 3 is 2.36 bits per heavy atom. The molecule has 0 heterocycles. The molecule has 0 amide bonds. The number of aliphatic hydroxyl groups excluding tert-OH is 2. The van der Waals surface area contributed by atoms with Crippen LogP contribution in [0, 0.1) is 0 Å². The molecular weight excluding hydrogens is 190 g/mol. The van der Waals surface area contributed by atoms with E-state index in [1.54, 1.807) is 0 Å². The summed E-state index contributed by atoms with van der Waals surface area (Å²) in [6, 6.07) is -1.08. The molecule has 0 saturated carbocycles. The Balaban J connectivity index is 4.30. The average molecular weight is 207 g/mol. The monoisotopic (exact) mass is 207 g/mol. The summed E-state index contributed by atoms with van der Waals surface area (Å²) in [5.41, 5.74) is 5.28. The third-order valence-electron chi connectivity index (χ3n) is 1.88. The fourth-order valence-electron chi connectivity index (χ4n) is 1.09. The second kappa shape index (κ2) is 6.86. The van der Waals surface area contributed by atoms with Crippen LogP contribution in [0.3, 0.4) is 0 Å². The lowest BCUT2D eigenvalue weighted by molar-refractivity contribution is -0.123. The number of carbonyl (C=O) groups excluding carboxylic acids is 1. The molecule has 6 heteroatoms. The summed E-state index contributed by atoms with van der Waals surface area (Å²) in [5, 5.41) is 18.9. The normalized spacial score (nSPS) is 19.8. The zero-order valence-electron chi connectivity index (χ0n) is 8.29. The summed E-state index contributed by atoms with van der Waals surface area (Å²) < 4.78 is 9.51. The van der Waals surface area contributed by atoms with Crippen LogP contribution in [0.2, 0.25) is 0 Å². The predicted octanol–water partition coefficient (Wildman–Crippen LogP) is -2.10. The van der Waals surface area contributed by atoms with Gasteiger partial charge >= 0.3 is 0 Å². The number of hydrogen-bond acceptors (Lipinski definition) is 6. The van der Waals surface area contributed by atoms with Crippen molar-refractivity contribution in [3.05, 3.63) is 0 Å². The summed E-state index contributed by atoms with van der Waals surface area (Å²) in [4.78, 5) is 10.3. The summed E-state index contributed by atoms with van der Waals surface area (Å²) >= 11 is 0. The van der Waals surface area contributed by atoms with Gasteiger partial charge in [0.05, 0.1) is 12.6 Å². The molecule has 0 aromatic heterocycles. The third kappa shape index (κ3) is 3.69. The van der Waals surface area contributed by atoms with E-state index in [1.807, 2.05) is 0 Å². The lowest BCUT2D eigenvalue weighted by Crippen LogP contribution is -2.51. The van der Waals surface area contributed by atoms with Gasteiger partial charge in [-0.25, -0.2) is 0 Å². The Bertz CT molecular complexity index is 166. The maximum absolute atomic E-state index is 10.3. The summed E-state index contributed by atoms with van der Waals surface area (Å²) in [6.07, 6.45) is -2.81. The van der Waals surface area contributed by atoms with E-state index in [4.69, 9.17) is 10.5 Å². The maximum atomic E-state index is 10.3. The van der Waals surface area contributed by atoms with E-state index >= 15 is 0 Å². The number of rotatable bonds is 7. The maximum Gasteiger partial charge on any atom is 0.139 e. The number of methoxy groups -OCH3 is 2. The van der Waals surface area contributed by atoms with Gasteiger partial charge in [0.2, 0.25) is 0 Å². The van der Waals surface area contributed by atoms with Gasteiger partial charge in [0.1, 0.15) is 24.6 Å². The highest BCUT2D eigenvalue weighted by molar-refractivity contribution is 5.58. The lowest BCUT2D eigenvalue weighted by atomic mass is 10.0. The number of aldehydes is 1. The largest absolute Gasteiger partial charge is 0.388 e. The lowest BCUT2D eigenvalue weighted by Gasteiger charge is -2.27. The Kier molecular flexibility index (Phi) is 6.60. The topological polar surface area (TPSA) is 102 Å². The first-order valence-electron chi connectivity index (χ1n) is 4.17. The summed E-state index contributed by atoms with van der Waals surface area (Å²) in [7, 11) is 2.71.